The van der Waals surface area contributed by atoms with Crippen LogP contribution in [0.3, 0.4) is 0 Å². The molecule has 2 aromatic rings. The normalized spacial score (nSPS) is 10.2. The number of hydrogen-bond donors (Lipinski definition) is 0. The molecule has 25 heavy (non-hydrogen) atoms. The Hall–Kier alpha value is -2.60. The van der Waals surface area contributed by atoms with Gasteiger partial charge in [-0.05, 0) is 65.5 Å². The zero-order valence-electron chi connectivity index (χ0n) is 15.1. The first-order chi connectivity index (χ1) is 12.2. The van der Waals surface area contributed by atoms with E-state index in [0.717, 1.165) is 32.1 Å². The van der Waals surface area contributed by atoms with Gasteiger partial charge in [0.2, 0.25) is 0 Å². The fourth-order valence-corrected chi connectivity index (χ4v) is 3.42. The van der Waals surface area contributed by atoms with E-state index in [2.05, 4.69) is 62.7 Å². The summed E-state index contributed by atoms with van der Waals surface area (Å²) in [5.41, 5.74) is 8.22. The molecule has 0 spiro atoms. The van der Waals surface area contributed by atoms with Gasteiger partial charge in [0.05, 0.1) is 0 Å². The highest BCUT2D eigenvalue weighted by atomic mass is 14.2. The lowest BCUT2D eigenvalue weighted by molar-refractivity contribution is 1.03. The van der Waals surface area contributed by atoms with Crippen molar-refractivity contribution < 1.29 is 0 Å². The highest BCUT2D eigenvalue weighted by Crippen LogP contribution is 2.24. The van der Waals surface area contributed by atoms with E-state index in [1.807, 2.05) is 24.3 Å². The summed E-state index contributed by atoms with van der Waals surface area (Å²) in [6, 6.07) is 13.2. The molecule has 0 saturated carbocycles. The first-order valence-electron chi connectivity index (χ1n) is 8.88. The largest absolute Gasteiger partial charge is 0.103 e. The molecule has 0 saturated heterocycles. The summed E-state index contributed by atoms with van der Waals surface area (Å²) < 4.78 is 0. The van der Waals surface area contributed by atoms with Gasteiger partial charge < -0.3 is 0 Å². The molecule has 0 heteroatoms. The van der Waals surface area contributed by atoms with Crippen LogP contribution in [0.5, 0.6) is 0 Å². The molecule has 2 rings (SSSR count). The maximum Gasteiger partial charge on any atom is -0.00199 e. The van der Waals surface area contributed by atoms with Crippen LogP contribution in [0, 0.1) is 0 Å². The zero-order valence-corrected chi connectivity index (χ0v) is 15.1. The van der Waals surface area contributed by atoms with Crippen molar-refractivity contribution in [2.45, 2.75) is 32.1 Å². The van der Waals surface area contributed by atoms with E-state index in [1.54, 1.807) is 0 Å². The maximum atomic E-state index is 3.94. The lowest BCUT2D eigenvalue weighted by Crippen LogP contribution is -2.04. The molecule has 0 heterocycles. The molecule has 0 aromatic heterocycles. The summed E-state index contributed by atoms with van der Waals surface area (Å²) in [5.74, 6) is 0. The van der Waals surface area contributed by atoms with Crippen molar-refractivity contribution in [2.75, 3.05) is 0 Å². The number of rotatable bonds is 10. The summed E-state index contributed by atoms with van der Waals surface area (Å²) >= 11 is 0. The Morgan fingerprint density at radius 1 is 0.520 bits per heavy atom. The topological polar surface area (TPSA) is 0 Å². The predicted octanol–water partition coefficient (Wildman–Crippen LogP) is 6.19. The summed E-state index contributed by atoms with van der Waals surface area (Å²) in [5, 5.41) is 0. The fourth-order valence-electron chi connectivity index (χ4n) is 3.42. The van der Waals surface area contributed by atoms with Crippen LogP contribution in [-0.4, -0.2) is 0 Å². The van der Waals surface area contributed by atoms with E-state index in [1.165, 1.54) is 33.4 Å². The van der Waals surface area contributed by atoms with Crippen LogP contribution in [-0.2, 0) is 32.1 Å². The van der Waals surface area contributed by atoms with Gasteiger partial charge in [0.25, 0.3) is 0 Å². The molecule has 128 valence electrons. The van der Waals surface area contributed by atoms with Gasteiger partial charge in [-0.25, -0.2) is 0 Å². The van der Waals surface area contributed by atoms with E-state index >= 15 is 0 Å². The third kappa shape index (κ3) is 4.70. The van der Waals surface area contributed by atoms with Crippen molar-refractivity contribution in [1.82, 2.24) is 0 Å². The summed E-state index contributed by atoms with van der Waals surface area (Å²) in [6.07, 6.45) is 12.4. The molecule has 0 unspecified atom stereocenters. The number of allylic oxidation sites excluding steroid dienone is 4. The van der Waals surface area contributed by atoms with Gasteiger partial charge in [-0.15, -0.1) is 26.3 Å². The first kappa shape index (κ1) is 18.7. The minimum absolute atomic E-state index is 0.891. The molecule has 0 radical (unpaired) electrons. The van der Waals surface area contributed by atoms with Crippen molar-refractivity contribution in [2.24, 2.45) is 0 Å². The fraction of sp³-hybridized carbons (Fsp3) is 0.200. The van der Waals surface area contributed by atoms with Crippen molar-refractivity contribution in [3.63, 3.8) is 0 Å². The molecule has 0 atom stereocenters. The smallest absolute Gasteiger partial charge is 0.00199 e. The molecular formula is C25H28. The summed E-state index contributed by atoms with van der Waals surface area (Å²) in [4.78, 5) is 0. The Balaban J connectivity index is 2.48. The van der Waals surface area contributed by atoms with Gasteiger partial charge in [-0.3, -0.25) is 0 Å². The molecule has 0 aliphatic rings. The standard InChI is InChI=1S/C25H28/c1-5-11-20-15-9-17-22(24(20)13-7-3)19-23-18-10-16-21(12-6-2)25(23)14-8-4/h5-10,15-18H,1-4,11-14,19H2. The third-order valence-corrected chi connectivity index (χ3v) is 4.55. The van der Waals surface area contributed by atoms with Crippen molar-refractivity contribution in [3.8, 4) is 0 Å². The monoisotopic (exact) mass is 328 g/mol. The van der Waals surface area contributed by atoms with E-state index in [9.17, 15) is 0 Å². The van der Waals surface area contributed by atoms with Crippen molar-refractivity contribution in [1.29, 1.82) is 0 Å². The average molecular weight is 328 g/mol. The van der Waals surface area contributed by atoms with Crippen molar-refractivity contribution >= 4 is 0 Å². The second-order valence-electron chi connectivity index (χ2n) is 6.26. The highest BCUT2D eigenvalue weighted by Gasteiger charge is 2.11. The van der Waals surface area contributed by atoms with Gasteiger partial charge in [-0.2, -0.15) is 0 Å². The van der Waals surface area contributed by atoms with E-state index in [4.69, 9.17) is 0 Å². The zero-order chi connectivity index (χ0) is 18.1. The Morgan fingerprint density at radius 3 is 1.24 bits per heavy atom. The molecule has 0 bridgehead atoms. The molecule has 0 aliphatic heterocycles. The van der Waals surface area contributed by atoms with Crippen LogP contribution in [0.25, 0.3) is 0 Å². The van der Waals surface area contributed by atoms with Gasteiger partial charge in [-0.1, -0.05) is 60.7 Å². The molecule has 0 nitrogen and oxygen atoms in total. The lowest BCUT2D eigenvalue weighted by Gasteiger charge is -2.17. The van der Waals surface area contributed by atoms with E-state index in [-0.39, 0.29) is 0 Å². The minimum atomic E-state index is 0.891. The Kier molecular flexibility index (Phi) is 7.22. The van der Waals surface area contributed by atoms with Gasteiger partial charge in [0, 0.05) is 0 Å². The minimum Gasteiger partial charge on any atom is -0.103 e. The third-order valence-electron chi connectivity index (χ3n) is 4.55. The van der Waals surface area contributed by atoms with E-state index < -0.39 is 0 Å². The predicted molar refractivity (Wildman–Crippen MR) is 111 cm³/mol. The lowest BCUT2D eigenvalue weighted by atomic mass is 9.88. The quantitative estimate of drug-likeness (QED) is 0.456. The molecule has 0 aliphatic carbocycles. The Morgan fingerprint density at radius 2 is 0.880 bits per heavy atom. The summed E-state index contributed by atoms with van der Waals surface area (Å²) in [6.45, 7) is 15.7. The van der Waals surface area contributed by atoms with Crippen LogP contribution in [0.1, 0.15) is 33.4 Å². The molecule has 0 N–H and O–H groups in total. The van der Waals surface area contributed by atoms with Crippen LogP contribution in [0.15, 0.2) is 87.0 Å². The average Bonchev–Trinajstić information content (AvgIpc) is 2.61. The van der Waals surface area contributed by atoms with Crippen LogP contribution in [0.2, 0.25) is 0 Å². The van der Waals surface area contributed by atoms with E-state index in [0.29, 0.717) is 0 Å². The maximum absolute atomic E-state index is 3.94. The Bertz CT molecular complexity index is 696. The second kappa shape index (κ2) is 9.64. The van der Waals surface area contributed by atoms with Crippen LogP contribution in [0.4, 0.5) is 0 Å². The Labute approximate surface area is 152 Å². The molecular weight excluding hydrogens is 300 g/mol. The number of benzene rings is 2. The second-order valence-corrected chi connectivity index (χ2v) is 6.26. The van der Waals surface area contributed by atoms with Crippen molar-refractivity contribution in [3.05, 3.63) is 120 Å². The summed E-state index contributed by atoms with van der Waals surface area (Å²) in [7, 11) is 0. The van der Waals surface area contributed by atoms with Crippen LogP contribution < -0.4 is 0 Å². The van der Waals surface area contributed by atoms with Gasteiger partial charge >= 0.3 is 0 Å². The van der Waals surface area contributed by atoms with Crippen LogP contribution >= 0.6 is 0 Å². The SMILES string of the molecule is C=CCc1cccc(Cc2cccc(CC=C)c2CC=C)c1CC=C. The van der Waals surface area contributed by atoms with Gasteiger partial charge in [0.15, 0.2) is 0 Å². The van der Waals surface area contributed by atoms with Gasteiger partial charge in [0.1, 0.15) is 0 Å². The molecule has 0 fully saturated rings. The molecule has 0 amide bonds. The highest BCUT2D eigenvalue weighted by molar-refractivity contribution is 5.45. The number of hydrogen-bond acceptors (Lipinski definition) is 0. The molecule has 2 aromatic carbocycles. The first-order valence-corrected chi connectivity index (χ1v) is 8.88.